The quantitative estimate of drug-likeness (QED) is 0.890. The number of para-hydroxylation sites is 1. The summed E-state index contributed by atoms with van der Waals surface area (Å²) in [4.78, 5) is 0. The van der Waals surface area contributed by atoms with Crippen molar-refractivity contribution in [2.75, 3.05) is 0 Å². The van der Waals surface area contributed by atoms with Crippen LogP contribution in [0.15, 0.2) is 42.5 Å². The predicted molar refractivity (Wildman–Crippen MR) is 72.7 cm³/mol. The topological polar surface area (TPSA) is 21.3 Å². The Balaban J connectivity index is 1.82. The summed E-state index contributed by atoms with van der Waals surface area (Å²) >= 11 is 0. The fourth-order valence-corrected chi connectivity index (χ4v) is 2.00. The minimum atomic E-state index is -0.440. The molecule has 1 saturated carbocycles. The van der Waals surface area contributed by atoms with E-state index in [4.69, 9.17) is 4.74 Å². The van der Waals surface area contributed by atoms with Crippen molar-refractivity contribution in [1.29, 1.82) is 0 Å². The van der Waals surface area contributed by atoms with Gasteiger partial charge in [0.25, 0.3) is 0 Å². The number of hydrogen-bond acceptors (Lipinski definition) is 2. The first-order valence-corrected chi connectivity index (χ1v) is 6.66. The van der Waals surface area contributed by atoms with Crippen LogP contribution in [-0.4, -0.2) is 6.04 Å². The minimum Gasteiger partial charge on any atom is -0.454 e. The van der Waals surface area contributed by atoms with Crippen LogP contribution < -0.4 is 10.1 Å². The molecular formula is C16H15F2NO. The van der Waals surface area contributed by atoms with Gasteiger partial charge in [-0.1, -0.05) is 18.2 Å². The van der Waals surface area contributed by atoms with Gasteiger partial charge in [0.15, 0.2) is 11.6 Å². The van der Waals surface area contributed by atoms with E-state index in [2.05, 4.69) is 5.32 Å². The molecule has 104 valence electrons. The number of halogens is 2. The summed E-state index contributed by atoms with van der Waals surface area (Å²) in [6.45, 7) is 0.549. The molecule has 0 saturated heterocycles. The highest BCUT2D eigenvalue weighted by Crippen LogP contribution is 2.29. The van der Waals surface area contributed by atoms with Crippen molar-refractivity contribution in [3.63, 3.8) is 0 Å². The molecule has 3 rings (SSSR count). The number of nitrogens with one attached hydrogen (secondary N) is 1. The third kappa shape index (κ3) is 3.14. The molecule has 1 aliphatic rings. The summed E-state index contributed by atoms with van der Waals surface area (Å²) in [5, 5.41) is 3.32. The Bertz CT molecular complexity index is 611. The van der Waals surface area contributed by atoms with Crippen LogP contribution >= 0.6 is 0 Å². The van der Waals surface area contributed by atoms with E-state index in [1.165, 1.54) is 24.3 Å². The molecule has 0 aromatic heterocycles. The van der Waals surface area contributed by atoms with E-state index in [1.807, 2.05) is 6.07 Å². The van der Waals surface area contributed by atoms with Crippen LogP contribution in [0.3, 0.4) is 0 Å². The number of rotatable bonds is 5. The average Bonchev–Trinajstić information content (AvgIpc) is 3.24. The first-order valence-electron chi connectivity index (χ1n) is 6.66. The Morgan fingerprint density at radius 1 is 1.10 bits per heavy atom. The van der Waals surface area contributed by atoms with Crippen LogP contribution in [0.25, 0.3) is 0 Å². The van der Waals surface area contributed by atoms with Crippen molar-refractivity contribution in [1.82, 2.24) is 5.32 Å². The zero-order valence-electron chi connectivity index (χ0n) is 10.9. The third-order valence-electron chi connectivity index (χ3n) is 3.22. The zero-order valence-corrected chi connectivity index (χ0v) is 10.9. The SMILES string of the molecule is Fc1cccc(Oc2c(F)cccc2CNC2CC2)c1. The second-order valence-corrected chi connectivity index (χ2v) is 4.94. The fraction of sp³-hybridized carbons (Fsp3) is 0.250. The van der Waals surface area contributed by atoms with Gasteiger partial charge in [-0.2, -0.15) is 0 Å². The van der Waals surface area contributed by atoms with Gasteiger partial charge in [0.1, 0.15) is 11.6 Å². The smallest absolute Gasteiger partial charge is 0.167 e. The van der Waals surface area contributed by atoms with E-state index >= 15 is 0 Å². The maximum atomic E-state index is 13.9. The third-order valence-corrected chi connectivity index (χ3v) is 3.22. The fourth-order valence-electron chi connectivity index (χ4n) is 2.00. The van der Waals surface area contributed by atoms with Crippen molar-refractivity contribution in [2.24, 2.45) is 0 Å². The molecule has 1 N–H and O–H groups in total. The molecule has 2 aromatic carbocycles. The predicted octanol–water partition coefficient (Wildman–Crippen LogP) is 4.01. The summed E-state index contributed by atoms with van der Waals surface area (Å²) in [5.74, 6) is -0.394. The highest BCUT2D eigenvalue weighted by Gasteiger charge is 2.21. The molecule has 1 aliphatic carbocycles. The highest BCUT2D eigenvalue weighted by molar-refractivity contribution is 5.39. The molecule has 0 unspecified atom stereocenters. The average molecular weight is 275 g/mol. The molecular weight excluding hydrogens is 260 g/mol. The molecule has 0 amide bonds. The summed E-state index contributed by atoms with van der Waals surface area (Å²) < 4.78 is 32.6. The van der Waals surface area contributed by atoms with Crippen LogP contribution in [0.4, 0.5) is 8.78 Å². The molecule has 0 radical (unpaired) electrons. The molecule has 0 atom stereocenters. The lowest BCUT2D eigenvalue weighted by molar-refractivity contribution is 0.430. The molecule has 2 nitrogen and oxygen atoms in total. The summed E-state index contributed by atoms with van der Waals surface area (Å²) in [6, 6.07) is 11.0. The van der Waals surface area contributed by atoms with Crippen molar-refractivity contribution >= 4 is 0 Å². The Labute approximate surface area is 116 Å². The number of benzene rings is 2. The van der Waals surface area contributed by atoms with E-state index in [9.17, 15) is 8.78 Å². The van der Waals surface area contributed by atoms with Crippen LogP contribution in [-0.2, 0) is 6.54 Å². The summed E-state index contributed by atoms with van der Waals surface area (Å²) in [7, 11) is 0. The van der Waals surface area contributed by atoms with Crippen LogP contribution in [0, 0.1) is 11.6 Å². The van der Waals surface area contributed by atoms with Crippen LogP contribution in [0.2, 0.25) is 0 Å². The van der Waals surface area contributed by atoms with Gasteiger partial charge in [0, 0.05) is 24.2 Å². The molecule has 20 heavy (non-hydrogen) atoms. The lowest BCUT2D eigenvalue weighted by Gasteiger charge is -2.12. The maximum Gasteiger partial charge on any atom is 0.167 e. The lowest BCUT2D eigenvalue weighted by Crippen LogP contribution is -2.16. The van der Waals surface area contributed by atoms with Crippen LogP contribution in [0.1, 0.15) is 18.4 Å². The molecule has 0 bridgehead atoms. The highest BCUT2D eigenvalue weighted by atomic mass is 19.1. The molecule has 2 aromatic rings. The molecule has 4 heteroatoms. The van der Waals surface area contributed by atoms with Crippen LogP contribution in [0.5, 0.6) is 11.5 Å². The number of ether oxygens (including phenoxy) is 1. The first-order chi connectivity index (χ1) is 9.72. The largest absolute Gasteiger partial charge is 0.454 e. The second-order valence-electron chi connectivity index (χ2n) is 4.94. The maximum absolute atomic E-state index is 13.9. The Morgan fingerprint density at radius 3 is 2.65 bits per heavy atom. The van der Waals surface area contributed by atoms with Gasteiger partial charge < -0.3 is 10.1 Å². The van der Waals surface area contributed by atoms with E-state index < -0.39 is 11.6 Å². The summed E-state index contributed by atoms with van der Waals surface area (Å²) in [6.07, 6.45) is 2.32. The van der Waals surface area contributed by atoms with Gasteiger partial charge in [-0.15, -0.1) is 0 Å². The minimum absolute atomic E-state index is 0.159. The molecule has 1 fully saturated rings. The summed E-state index contributed by atoms with van der Waals surface area (Å²) in [5.41, 5.74) is 0.737. The van der Waals surface area contributed by atoms with Gasteiger partial charge in [-0.25, -0.2) is 8.78 Å². The second kappa shape index (κ2) is 5.59. The van der Waals surface area contributed by atoms with Crippen molar-refractivity contribution in [3.8, 4) is 11.5 Å². The van der Waals surface area contributed by atoms with E-state index in [1.54, 1.807) is 12.1 Å². The normalized spacial score (nSPS) is 14.3. The molecule has 0 heterocycles. The van der Waals surface area contributed by atoms with E-state index in [-0.39, 0.29) is 5.75 Å². The van der Waals surface area contributed by atoms with Gasteiger partial charge in [-0.05, 0) is 31.0 Å². The standard InChI is InChI=1S/C16H15F2NO/c17-12-4-2-5-14(9-12)20-16-11(3-1-6-15(16)18)10-19-13-7-8-13/h1-6,9,13,19H,7-8,10H2. The lowest BCUT2D eigenvalue weighted by atomic mass is 10.2. The monoisotopic (exact) mass is 275 g/mol. The zero-order chi connectivity index (χ0) is 13.9. The first kappa shape index (κ1) is 13.1. The van der Waals surface area contributed by atoms with E-state index in [0.29, 0.717) is 18.3 Å². The molecule has 0 spiro atoms. The van der Waals surface area contributed by atoms with Gasteiger partial charge in [0.2, 0.25) is 0 Å². The van der Waals surface area contributed by atoms with Gasteiger partial charge in [-0.3, -0.25) is 0 Å². The van der Waals surface area contributed by atoms with Crippen molar-refractivity contribution < 1.29 is 13.5 Å². The Hall–Kier alpha value is -1.94. The van der Waals surface area contributed by atoms with Crippen molar-refractivity contribution in [2.45, 2.75) is 25.4 Å². The van der Waals surface area contributed by atoms with Crippen molar-refractivity contribution in [3.05, 3.63) is 59.7 Å². The molecule has 0 aliphatic heterocycles. The van der Waals surface area contributed by atoms with E-state index in [0.717, 1.165) is 18.4 Å². The number of hydrogen-bond donors (Lipinski definition) is 1. The van der Waals surface area contributed by atoms with Gasteiger partial charge in [0.05, 0.1) is 0 Å². The van der Waals surface area contributed by atoms with Gasteiger partial charge >= 0.3 is 0 Å². The Morgan fingerprint density at radius 2 is 1.90 bits per heavy atom. The Kier molecular flexibility index (Phi) is 3.65.